The lowest BCUT2D eigenvalue weighted by molar-refractivity contribution is 0.0690. The third-order valence-corrected chi connectivity index (χ3v) is 2.85. The van der Waals surface area contributed by atoms with Crippen LogP contribution in [-0.2, 0) is 0 Å². The molecular weight excluding hydrogens is 196 g/mol. The third kappa shape index (κ3) is 1.99. The Morgan fingerprint density at radius 3 is 2.87 bits per heavy atom. The topological polar surface area (TPSA) is 94.0 Å². The number of nitrogens with zero attached hydrogens (tertiary/aromatic N) is 3. The number of aromatic nitrogens is 3. The lowest BCUT2D eigenvalue weighted by atomic mass is 9.91. The molecule has 1 saturated carbocycles. The van der Waals surface area contributed by atoms with Gasteiger partial charge in [-0.15, -0.1) is 5.10 Å². The highest BCUT2D eigenvalue weighted by molar-refractivity contribution is 5.84. The minimum atomic E-state index is -1.05. The van der Waals surface area contributed by atoms with Crippen LogP contribution in [0.15, 0.2) is 6.20 Å². The predicted molar refractivity (Wildman–Crippen MR) is 52.5 cm³/mol. The van der Waals surface area contributed by atoms with Gasteiger partial charge in [-0.2, -0.15) is 0 Å². The average molecular weight is 210 g/mol. The molecule has 0 aliphatic heterocycles. The highest BCUT2D eigenvalue weighted by Crippen LogP contribution is 2.26. The molecule has 1 aliphatic rings. The Balaban J connectivity index is 2.17. The first-order valence-electron chi connectivity index (χ1n) is 5.09. The van der Waals surface area contributed by atoms with E-state index in [-0.39, 0.29) is 17.8 Å². The fourth-order valence-corrected chi connectivity index (χ4v) is 2.01. The van der Waals surface area contributed by atoms with Crippen molar-refractivity contribution in [2.45, 2.75) is 37.8 Å². The molecule has 1 aromatic heterocycles. The van der Waals surface area contributed by atoms with Crippen LogP contribution >= 0.6 is 0 Å². The molecule has 0 amide bonds. The second-order valence-corrected chi connectivity index (χ2v) is 3.90. The Kier molecular flexibility index (Phi) is 2.68. The summed E-state index contributed by atoms with van der Waals surface area (Å²) in [5.41, 5.74) is 5.94. The number of nitrogens with two attached hydrogens (primary N) is 1. The maximum atomic E-state index is 10.6. The summed E-state index contributed by atoms with van der Waals surface area (Å²) in [5, 5.41) is 16.1. The minimum Gasteiger partial charge on any atom is -0.476 e. The van der Waals surface area contributed by atoms with Crippen LogP contribution in [0.1, 0.15) is 42.2 Å². The first kappa shape index (κ1) is 10.1. The van der Waals surface area contributed by atoms with Crippen LogP contribution in [0.5, 0.6) is 0 Å². The van der Waals surface area contributed by atoms with Crippen molar-refractivity contribution < 1.29 is 9.90 Å². The van der Waals surface area contributed by atoms with Gasteiger partial charge in [-0.1, -0.05) is 18.1 Å². The molecule has 6 heteroatoms. The van der Waals surface area contributed by atoms with Gasteiger partial charge >= 0.3 is 5.97 Å². The quantitative estimate of drug-likeness (QED) is 0.737. The maximum Gasteiger partial charge on any atom is 0.358 e. The standard InChI is InChI=1S/C9H14N4O2/c10-6-3-1-2-4-8(6)13-5-7(9(14)15)11-12-13/h5-6,8H,1-4,10H2,(H,14,15). The highest BCUT2D eigenvalue weighted by Gasteiger charge is 2.25. The van der Waals surface area contributed by atoms with Crippen LogP contribution in [0, 0.1) is 0 Å². The molecule has 82 valence electrons. The second kappa shape index (κ2) is 3.98. The average Bonchev–Trinajstić information content (AvgIpc) is 2.67. The summed E-state index contributed by atoms with van der Waals surface area (Å²) >= 11 is 0. The van der Waals surface area contributed by atoms with Gasteiger partial charge in [-0.25, -0.2) is 9.48 Å². The van der Waals surface area contributed by atoms with E-state index < -0.39 is 5.97 Å². The molecule has 1 aliphatic carbocycles. The Morgan fingerprint density at radius 2 is 2.27 bits per heavy atom. The first-order chi connectivity index (χ1) is 7.18. The number of carboxylic acid groups (broad SMARTS) is 1. The highest BCUT2D eigenvalue weighted by atomic mass is 16.4. The fourth-order valence-electron chi connectivity index (χ4n) is 2.01. The molecule has 1 heterocycles. The van der Waals surface area contributed by atoms with Gasteiger partial charge in [0.25, 0.3) is 0 Å². The SMILES string of the molecule is NC1CCCCC1n1cc(C(=O)O)nn1. The van der Waals surface area contributed by atoms with Gasteiger partial charge < -0.3 is 10.8 Å². The Labute approximate surface area is 87.1 Å². The maximum absolute atomic E-state index is 10.6. The summed E-state index contributed by atoms with van der Waals surface area (Å²) in [6, 6.07) is 0.154. The van der Waals surface area contributed by atoms with E-state index in [9.17, 15) is 4.79 Å². The summed E-state index contributed by atoms with van der Waals surface area (Å²) in [6.45, 7) is 0. The summed E-state index contributed by atoms with van der Waals surface area (Å²) in [7, 11) is 0. The van der Waals surface area contributed by atoms with E-state index in [0.29, 0.717) is 0 Å². The van der Waals surface area contributed by atoms with Gasteiger partial charge in [0.1, 0.15) is 0 Å². The molecule has 0 spiro atoms. The van der Waals surface area contributed by atoms with E-state index in [1.54, 1.807) is 4.68 Å². The first-order valence-corrected chi connectivity index (χ1v) is 5.09. The molecule has 0 aromatic carbocycles. The molecular formula is C9H14N4O2. The van der Waals surface area contributed by atoms with Gasteiger partial charge in [0.05, 0.1) is 12.2 Å². The van der Waals surface area contributed by atoms with Crippen molar-refractivity contribution in [3.05, 3.63) is 11.9 Å². The van der Waals surface area contributed by atoms with Gasteiger partial charge in [0, 0.05) is 6.04 Å². The number of aromatic carboxylic acids is 1. The Bertz CT molecular complexity index is 363. The summed E-state index contributed by atoms with van der Waals surface area (Å²) in [4.78, 5) is 10.6. The van der Waals surface area contributed by atoms with Crippen molar-refractivity contribution in [2.75, 3.05) is 0 Å². The summed E-state index contributed by atoms with van der Waals surface area (Å²) in [6.07, 6.45) is 5.62. The summed E-state index contributed by atoms with van der Waals surface area (Å²) in [5.74, 6) is -1.05. The van der Waals surface area contributed by atoms with E-state index >= 15 is 0 Å². The molecule has 0 bridgehead atoms. The molecule has 2 atom stereocenters. The Hall–Kier alpha value is -1.43. The van der Waals surface area contributed by atoms with Gasteiger partial charge in [0.15, 0.2) is 5.69 Å². The molecule has 15 heavy (non-hydrogen) atoms. The van der Waals surface area contributed by atoms with E-state index in [1.165, 1.54) is 6.20 Å². The van der Waals surface area contributed by atoms with Crippen LogP contribution < -0.4 is 5.73 Å². The number of rotatable bonds is 2. The number of carbonyl (C=O) groups is 1. The molecule has 0 radical (unpaired) electrons. The van der Waals surface area contributed by atoms with Gasteiger partial charge in [-0.05, 0) is 12.8 Å². The van der Waals surface area contributed by atoms with Crippen molar-refractivity contribution in [3.8, 4) is 0 Å². The summed E-state index contributed by atoms with van der Waals surface area (Å²) < 4.78 is 1.59. The van der Waals surface area contributed by atoms with Crippen molar-refractivity contribution in [1.82, 2.24) is 15.0 Å². The fraction of sp³-hybridized carbons (Fsp3) is 0.667. The van der Waals surface area contributed by atoms with Crippen molar-refractivity contribution in [2.24, 2.45) is 5.73 Å². The number of hydrogen-bond donors (Lipinski definition) is 2. The molecule has 1 aromatic rings. The predicted octanol–water partition coefficient (Wildman–Crippen LogP) is 0.419. The lowest BCUT2D eigenvalue weighted by Crippen LogP contribution is -2.35. The number of carboxylic acids is 1. The number of hydrogen-bond acceptors (Lipinski definition) is 4. The molecule has 3 N–H and O–H groups in total. The normalized spacial score (nSPS) is 26.5. The van der Waals surface area contributed by atoms with Crippen molar-refractivity contribution >= 4 is 5.97 Å². The smallest absolute Gasteiger partial charge is 0.358 e. The Morgan fingerprint density at radius 1 is 1.53 bits per heavy atom. The largest absolute Gasteiger partial charge is 0.476 e. The van der Waals surface area contributed by atoms with E-state index in [4.69, 9.17) is 10.8 Å². The molecule has 2 rings (SSSR count). The van der Waals surface area contributed by atoms with E-state index in [1.807, 2.05) is 0 Å². The molecule has 0 saturated heterocycles. The zero-order valence-electron chi connectivity index (χ0n) is 8.33. The van der Waals surface area contributed by atoms with Crippen LogP contribution in [-0.4, -0.2) is 32.1 Å². The van der Waals surface area contributed by atoms with Crippen molar-refractivity contribution in [3.63, 3.8) is 0 Å². The zero-order valence-corrected chi connectivity index (χ0v) is 8.33. The van der Waals surface area contributed by atoms with Gasteiger partial charge in [-0.3, -0.25) is 0 Å². The minimum absolute atomic E-state index is 0.0206. The van der Waals surface area contributed by atoms with E-state index in [0.717, 1.165) is 25.7 Å². The molecule has 6 nitrogen and oxygen atoms in total. The second-order valence-electron chi connectivity index (χ2n) is 3.90. The van der Waals surface area contributed by atoms with Crippen molar-refractivity contribution in [1.29, 1.82) is 0 Å². The molecule has 2 unspecified atom stereocenters. The van der Waals surface area contributed by atoms with Crippen LogP contribution in [0.25, 0.3) is 0 Å². The van der Waals surface area contributed by atoms with E-state index in [2.05, 4.69) is 10.3 Å². The molecule has 1 fully saturated rings. The van der Waals surface area contributed by atoms with Crippen LogP contribution in [0.3, 0.4) is 0 Å². The lowest BCUT2D eigenvalue weighted by Gasteiger charge is -2.27. The van der Waals surface area contributed by atoms with Gasteiger partial charge in [0.2, 0.25) is 0 Å². The van der Waals surface area contributed by atoms with Crippen LogP contribution in [0.4, 0.5) is 0 Å². The third-order valence-electron chi connectivity index (χ3n) is 2.85. The monoisotopic (exact) mass is 210 g/mol. The zero-order chi connectivity index (χ0) is 10.8. The van der Waals surface area contributed by atoms with Crippen LogP contribution in [0.2, 0.25) is 0 Å².